The minimum absolute atomic E-state index is 0.0315. The van der Waals surface area contributed by atoms with Crippen LogP contribution < -0.4 is 20.1 Å². The van der Waals surface area contributed by atoms with Crippen LogP contribution in [0.4, 0.5) is 5.13 Å². The second kappa shape index (κ2) is 11.6. The van der Waals surface area contributed by atoms with Gasteiger partial charge >= 0.3 is 0 Å². The molecule has 2 aliphatic rings. The Hall–Kier alpha value is -1.81. The molecule has 2 fully saturated rings. The number of aryl methyl sites for hydroxylation is 1. The molecule has 0 radical (unpaired) electrons. The van der Waals surface area contributed by atoms with Crippen molar-refractivity contribution in [2.75, 3.05) is 25.5 Å². The Balaban J connectivity index is 1.45. The fourth-order valence-corrected chi connectivity index (χ4v) is 6.84. The summed E-state index contributed by atoms with van der Waals surface area (Å²) in [7, 11) is 0.202. The molecule has 33 heavy (non-hydrogen) atoms. The van der Waals surface area contributed by atoms with Gasteiger partial charge in [-0.1, -0.05) is 37.0 Å². The molecule has 2 aromatic rings. The predicted molar refractivity (Wildman–Crippen MR) is 134 cm³/mol. The molecule has 2 heterocycles. The van der Waals surface area contributed by atoms with E-state index >= 15 is 0 Å². The van der Waals surface area contributed by atoms with Gasteiger partial charge in [-0.25, -0.2) is 13.9 Å². The van der Waals surface area contributed by atoms with Gasteiger partial charge in [-0.05, 0) is 62.4 Å². The van der Waals surface area contributed by atoms with E-state index in [1.54, 1.807) is 7.11 Å². The third-order valence-electron chi connectivity index (χ3n) is 6.49. The molecule has 2 atom stereocenters. The SMILES string of the molecule is COc1ccc(-c2sc(NC(=O)CCC3CCCC3)nc2C)cc1S(=O)NC1CCCNC1. The predicted octanol–water partition coefficient (Wildman–Crippen LogP) is 4.40. The highest BCUT2D eigenvalue weighted by Gasteiger charge is 2.21. The number of piperidine rings is 1. The van der Waals surface area contributed by atoms with E-state index in [2.05, 4.69) is 20.3 Å². The molecule has 7 nitrogen and oxygen atoms in total. The van der Waals surface area contributed by atoms with E-state index < -0.39 is 11.0 Å². The maximum Gasteiger partial charge on any atom is 0.226 e. The zero-order valence-electron chi connectivity index (χ0n) is 19.4. The normalized spacial score (nSPS) is 20.0. The fraction of sp³-hybridized carbons (Fsp3) is 0.583. The average molecular weight is 491 g/mol. The maximum absolute atomic E-state index is 13.1. The molecule has 1 aromatic heterocycles. The topological polar surface area (TPSA) is 92.3 Å². The molecule has 1 aliphatic heterocycles. The third-order valence-corrected chi connectivity index (χ3v) is 8.88. The molecule has 1 saturated carbocycles. The number of hydrogen-bond donors (Lipinski definition) is 3. The molecule has 0 bridgehead atoms. The van der Waals surface area contributed by atoms with Crippen LogP contribution in [0.15, 0.2) is 23.1 Å². The number of carbonyl (C=O) groups is 1. The van der Waals surface area contributed by atoms with Crippen molar-refractivity contribution in [3.8, 4) is 16.2 Å². The van der Waals surface area contributed by atoms with E-state index in [1.165, 1.54) is 37.0 Å². The first-order valence-corrected chi connectivity index (χ1v) is 13.8. The number of amides is 1. The third kappa shape index (κ3) is 6.41. The Kier molecular flexibility index (Phi) is 8.51. The van der Waals surface area contributed by atoms with Crippen LogP contribution in [0, 0.1) is 12.8 Å². The number of aromatic nitrogens is 1. The van der Waals surface area contributed by atoms with Crippen molar-refractivity contribution in [3.63, 3.8) is 0 Å². The molecule has 1 saturated heterocycles. The van der Waals surface area contributed by atoms with Crippen molar-refractivity contribution in [1.82, 2.24) is 15.0 Å². The Morgan fingerprint density at radius 2 is 2.09 bits per heavy atom. The van der Waals surface area contributed by atoms with Gasteiger partial charge in [0.05, 0.1) is 22.6 Å². The van der Waals surface area contributed by atoms with Crippen molar-refractivity contribution < 1.29 is 13.7 Å². The molecule has 4 rings (SSSR count). The van der Waals surface area contributed by atoms with E-state index in [0.29, 0.717) is 28.1 Å². The van der Waals surface area contributed by atoms with Crippen molar-refractivity contribution >= 4 is 33.4 Å². The van der Waals surface area contributed by atoms with E-state index in [9.17, 15) is 9.00 Å². The highest BCUT2D eigenvalue weighted by atomic mass is 32.2. The smallest absolute Gasteiger partial charge is 0.226 e. The molecule has 2 unspecified atom stereocenters. The summed E-state index contributed by atoms with van der Waals surface area (Å²) in [6.07, 6.45) is 8.67. The van der Waals surface area contributed by atoms with Crippen LogP contribution >= 0.6 is 11.3 Å². The van der Waals surface area contributed by atoms with Gasteiger partial charge in [-0.15, -0.1) is 0 Å². The molecule has 1 aliphatic carbocycles. The van der Waals surface area contributed by atoms with Crippen LogP contribution in [0.25, 0.3) is 10.4 Å². The number of methoxy groups -OCH3 is 1. The molecule has 9 heteroatoms. The van der Waals surface area contributed by atoms with Crippen LogP contribution in [-0.2, 0) is 15.8 Å². The van der Waals surface area contributed by atoms with Gasteiger partial charge < -0.3 is 15.4 Å². The van der Waals surface area contributed by atoms with Crippen molar-refractivity contribution in [3.05, 3.63) is 23.9 Å². The minimum atomic E-state index is -1.39. The number of nitrogens with one attached hydrogen (secondary N) is 3. The van der Waals surface area contributed by atoms with Crippen molar-refractivity contribution in [2.45, 2.75) is 69.2 Å². The number of rotatable bonds is 9. The second-order valence-electron chi connectivity index (χ2n) is 8.97. The zero-order chi connectivity index (χ0) is 23.2. The first kappa shape index (κ1) is 24.3. The quantitative estimate of drug-likeness (QED) is 0.485. The summed E-state index contributed by atoms with van der Waals surface area (Å²) in [6.45, 7) is 3.76. The highest BCUT2D eigenvalue weighted by Crippen LogP contribution is 2.36. The summed E-state index contributed by atoms with van der Waals surface area (Å²) in [5.41, 5.74) is 1.77. The summed E-state index contributed by atoms with van der Waals surface area (Å²) in [6, 6.07) is 5.88. The van der Waals surface area contributed by atoms with Crippen LogP contribution in [0.3, 0.4) is 0 Å². The van der Waals surface area contributed by atoms with Gasteiger partial charge in [0, 0.05) is 19.0 Å². The molecule has 3 N–H and O–H groups in total. The van der Waals surface area contributed by atoms with Gasteiger partial charge in [-0.3, -0.25) is 4.79 Å². The van der Waals surface area contributed by atoms with Crippen molar-refractivity contribution in [2.24, 2.45) is 5.92 Å². The summed E-state index contributed by atoms with van der Waals surface area (Å²) >= 11 is 1.46. The standard InChI is InChI=1S/C24H34N4O3S2/c1-16-23(32-24(26-16)27-22(29)12-9-17-6-3-4-7-17)18-10-11-20(31-2)21(14-18)33(30)28-19-8-5-13-25-15-19/h10-11,14,17,19,25,28H,3-9,12-13,15H2,1-2H3,(H,26,27,29). The lowest BCUT2D eigenvalue weighted by Crippen LogP contribution is -2.43. The first-order chi connectivity index (χ1) is 16.0. The number of thiazole rings is 1. The molecule has 0 spiro atoms. The van der Waals surface area contributed by atoms with Gasteiger partial charge in [0.25, 0.3) is 0 Å². The Labute approximate surface area is 202 Å². The number of nitrogens with zero attached hydrogens (tertiary/aromatic N) is 1. The summed E-state index contributed by atoms with van der Waals surface area (Å²) in [5, 5.41) is 6.93. The minimum Gasteiger partial charge on any atom is -0.495 e. The van der Waals surface area contributed by atoms with E-state index in [4.69, 9.17) is 4.74 Å². The van der Waals surface area contributed by atoms with Gasteiger partial charge in [0.2, 0.25) is 5.91 Å². The Bertz CT molecular complexity index is 982. The van der Waals surface area contributed by atoms with Crippen LogP contribution in [0.2, 0.25) is 0 Å². The van der Waals surface area contributed by atoms with Crippen LogP contribution in [0.1, 0.15) is 57.1 Å². The van der Waals surface area contributed by atoms with Crippen LogP contribution in [0.5, 0.6) is 5.75 Å². The number of carbonyl (C=O) groups excluding carboxylic acids is 1. The van der Waals surface area contributed by atoms with Gasteiger partial charge in [0.15, 0.2) is 5.13 Å². The molecular weight excluding hydrogens is 456 g/mol. The molecule has 1 amide bonds. The van der Waals surface area contributed by atoms with Crippen molar-refractivity contribution in [1.29, 1.82) is 0 Å². The zero-order valence-corrected chi connectivity index (χ0v) is 21.1. The van der Waals surface area contributed by atoms with Crippen LogP contribution in [-0.4, -0.2) is 41.3 Å². The summed E-state index contributed by atoms with van der Waals surface area (Å²) in [4.78, 5) is 18.6. The van der Waals surface area contributed by atoms with Gasteiger partial charge in [-0.2, -0.15) is 0 Å². The number of hydrogen-bond acceptors (Lipinski definition) is 6. The number of benzene rings is 1. The molecule has 180 valence electrons. The second-order valence-corrected chi connectivity index (χ2v) is 11.2. The number of anilines is 1. The largest absolute Gasteiger partial charge is 0.495 e. The Morgan fingerprint density at radius 3 is 2.82 bits per heavy atom. The lowest BCUT2D eigenvalue weighted by atomic mass is 10.0. The average Bonchev–Trinajstić information content (AvgIpc) is 3.47. The summed E-state index contributed by atoms with van der Waals surface area (Å²) in [5.74, 6) is 1.32. The monoisotopic (exact) mass is 490 g/mol. The lowest BCUT2D eigenvalue weighted by molar-refractivity contribution is -0.116. The Morgan fingerprint density at radius 1 is 1.27 bits per heavy atom. The first-order valence-electron chi connectivity index (χ1n) is 11.9. The summed E-state index contributed by atoms with van der Waals surface area (Å²) < 4.78 is 21.8. The lowest BCUT2D eigenvalue weighted by Gasteiger charge is -2.23. The van der Waals surface area contributed by atoms with E-state index in [1.807, 2.05) is 25.1 Å². The van der Waals surface area contributed by atoms with E-state index in [-0.39, 0.29) is 11.9 Å². The number of ether oxygens (including phenoxy) is 1. The van der Waals surface area contributed by atoms with E-state index in [0.717, 1.165) is 48.5 Å². The molecule has 1 aromatic carbocycles. The molecular formula is C24H34N4O3S2. The highest BCUT2D eigenvalue weighted by molar-refractivity contribution is 7.83. The maximum atomic E-state index is 13.1. The van der Waals surface area contributed by atoms with Gasteiger partial charge in [0.1, 0.15) is 16.7 Å². The fourth-order valence-electron chi connectivity index (χ4n) is 4.66.